The Labute approximate surface area is 90.1 Å². The van der Waals surface area contributed by atoms with Crippen molar-refractivity contribution >= 4 is 5.82 Å². The molecule has 1 N–H and O–H groups in total. The van der Waals surface area contributed by atoms with E-state index in [1.807, 2.05) is 6.92 Å². The summed E-state index contributed by atoms with van der Waals surface area (Å²) >= 11 is 0. The Kier molecular flexibility index (Phi) is 5.01. The van der Waals surface area contributed by atoms with E-state index in [4.69, 9.17) is 0 Å². The first-order valence-corrected chi connectivity index (χ1v) is 5.52. The second-order valence-corrected chi connectivity index (χ2v) is 3.47. The summed E-state index contributed by atoms with van der Waals surface area (Å²) < 4.78 is 13.6. The Morgan fingerprint density at radius 2 is 2.07 bits per heavy atom. The molecule has 84 valence electrons. The van der Waals surface area contributed by atoms with Crippen LogP contribution in [0.4, 0.5) is 10.2 Å². The summed E-state index contributed by atoms with van der Waals surface area (Å²) in [6.45, 7) is 4.79. The summed E-state index contributed by atoms with van der Waals surface area (Å²) in [6.07, 6.45) is 5.36. The average molecular weight is 211 g/mol. The minimum absolute atomic E-state index is 0.309. The standard InChI is InChI=1S/C11H18FN3/c1-3-5-6-7-13-11-10(12)9(4-2)14-8-15-11/h8H,3-7H2,1-2H3,(H,13,14,15). The Hall–Kier alpha value is -1.19. The molecular weight excluding hydrogens is 193 g/mol. The van der Waals surface area contributed by atoms with Crippen LogP contribution in [0.25, 0.3) is 0 Å². The second-order valence-electron chi connectivity index (χ2n) is 3.47. The molecule has 0 aliphatic heterocycles. The lowest BCUT2D eigenvalue weighted by Gasteiger charge is -2.07. The molecule has 0 aliphatic rings. The smallest absolute Gasteiger partial charge is 0.186 e. The van der Waals surface area contributed by atoms with Gasteiger partial charge in [-0.2, -0.15) is 0 Å². The van der Waals surface area contributed by atoms with Crippen molar-refractivity contribution in [2.24, 2.45) is 0 Å². The van der Waals surface area contributed by atoms with E-state index < -0.39 is 0 Å². The van der Waals surface area contributed by atoms with Gasteiger partial charge in [-0.15, -0.1) is 0 Å². The van der Waals surface area contributed by atoms with Crippen molar-refractivity contribution in [3.05, 3.63) is 17.8 Å². The van der Waals surface area contributed by atoms with Gasteiger partial charge < -0.3 is 5.32 Å². The van der Waals surface area contributed by atoms with E-state index in [-0.39, 0.29) is 5.82 Å². The van der Waals surface area contributed by atoms with Gasteiger partial charge in [0.15, 0.2) is 11.6 Å². The maximum atomic E-state index is 13.6. The van der Waals surface area contributed by atoms with Gasteiger partial charge in [0, 0.05) is 6.54 Å². The summed E-state index contributed by atoms with van der Waals surface area (Å²) in [6, 6.07) is 0. The molecule has 0 unspecified atom stereocenters. The van der Waals surface area contributed by atoms with Gasteiger partial charge in [0.25, 0.3) is 0 Å². The van der Waals surface area contributed by atoms with Crippen molar-refractivity contribution < 1.29 is 4.39 Å². The number of anilines is 1. The van der Waals surface area contributed by atoms with Gasteiger partial charge in [0.2, 0.25) is 0 Å². The molecule has 0 radical (unpaired) electrons. The molecule has 1 aromatic heterocycles. The quantitative estimate of drug-likeness (QED) is 0.735. The van der Waals surface area contributed by atoms with Crippen LogP contribution < -0.4 is 5.32 Å². The van der Waals surface area contributed by atoms with Crippen LogP contribution in [0.15, 0.2) is 6.33 Å². The van der Waals surface area contributed by atoms with E-state index >= 15 is 0 Å². The Bertz CT molecular complexity index is 302. The van der Waals surface area contributed by atoms with E-state index in [0.717, 1.165) is 25.8 Å². The monoisotopic (exact) mass is 211 g/mol. The molecule has 0 aliphatic carbocycles. The lowest BCUT2D eigenvalue weighted by Crippen LogP contribution is -2.08. The van der Waals surface area contributed by atoms with Crippen LogP contribution in [-0.4, -0.2) is 16.5 Å². The van der Waals surface area contributed by atoms with Crippen LogP contribution >= 0.6 is 0 Å². The normalized spacial score (nSPS) is 10.3. The van der Waals surface area contributed by atoms with Crippen LogP contribution in [0.5, 0.6) is 0 Å². The molecule has 0 saturated heterocycles. The van der Waals surface area contributed by atoms with Gasteiger partial charge in [0.05, 0.1) is 5.69 Å². The summed E-state index contributed by atoms with van der Waals surface area (Å²) in [5.41, 5.74) is 0.475. The van der Waals surface area contributed by atoms with Crippen molar-refractivity contribution in [1.82, 2.24) is 9.97 Å². The van der Waals surface area contributed by atoms with Crippen LogP contribution in [0.1, 0.15) is 38.8 Å². The number of aromatic nitrogens is 2. The number of hydrogen-bond donors (Lipinski definition) is 1. The van der Waals surface area contributed by atoms with E-state index in [2.05, 4.69) is 22.2 Å². The summed E-state index contributed by atoms with van der Waals surface area (Å²) in [5, 5.41) is 3.00. The number of hydrogen-bond acceptors (Lipinski definition) is 3. The molecule has 0 spiro atoms. The molecule has 0 fully saturated rings. The average Bonchev–Trinajstić information content (AvgIpc) is 2.26. The highest BCUT2D eigenvalue weighted by Gasteiger charge is 2.08. The number of unbranched alkanes of at least 4 members (excludes halogenated alkanes) is 2. The number of aryl methyl sites for hydroxylation is 1. The maximum Gasteiger partial charge on any atom is 0.186 e. The number of rotatable bonds is 6. The Morgan fingerprint density at radius 3 is 2.73 bits per heavy atom. The zero-order valence-corrected chi connectivity index (χ0v) is 9.39. The molecule has 0 saturated carbocycles. The van der Waals surface area contributed by atoms with E-state index in [9.17, 15) is 4.39 Å². The third-order valence-electron chi connectivity index (χ3n) is 2.27. The first-order valence-electron chi connectivity index (χ1n) is 5.52. The summed E-state index contributed by atoms with van der Waals surface area (Å²) in [5.74, 6) is 0.0226. The lowest BCUT2D eigenvalue weighted by atomic mass is 10.2. The van der Waals surface area contributed by atoms with Gasteiger partial charge in [-0.05, 0) is 12.8 Å². The van der Waals surface area contributed by atoms with Crippen molar-refractivity contribution in [2.45, 2.75) is 39.5 Å². The molecule has 0 bridgehead atoms. The highest BCUT2D eigenvalue weighted by molar-refractivity contribution is 5.36. The number of nitrogens with one attached hydrogen (secondary N) is 1. The summed E-state index contributed by atoms with van der Waals surface area (Å²) in [7, 11) is 0. The van der Waals surface area contributed by atoms with Gasteiger partial charge >= 0.3 is 0 Å². The van der Waals surface area contributed by atoms with Crippen molar-refractivity contribution in [2.75, 3.05) is 11.9 Å². The topological polar surface area (TPSA) is 37.8 Å². The molecule has 15 heavy (non-hydrogen) atoms. The Balaban J connectivity index is 2.53. The zero-order chi connectivity index (χ0) is 11.1. The maximum absolute atomic E-state index is 13.6. The summed E-state index contributed by atoms with van der Waals surface area (Å²) in [4.78, 5) is 7.76. The van der Waals surface area contributed by atoms with Crippen LogP contribution in [-0.2, 0) is 6.42 Å². The highest BCUT2D eigenvalue weighted by Crippen LogP contribution is 2.13. The van der Waals surface area contributed by atoms with Crippen LogP contribution in [0.2, 0.25) is 0 Å². The molecule has 1 aromatic rings. The predicted octanol–water partition coefficient (Wildman–Crippen LogP) is 2.78. The molecule has 1 rings (SSSR count). The molecular formula is C11H18FN3. The van der Waals surface area contributed by atoms with Crippen LogP contribution in [0.3, 0.4) is 0 Å². The minimum Gasteiger partial charge on any atom is -0.368 e. The molecule has 0 atom stereocenters. The first-order chi connectivity index (χ1) is 7.29. The largest absolute Gasteiger partial charge is 0.368 e. The van der Waals surface area contributed by atoms with Crippen molar-refractivity contribution in [1.29, 1.82) is 0 Å². The second kappa shape index (κ2) is 6.32. The van der Waals surface area contributed by atoms with E-state index in [1.54, 1.807) is 0 Å². The van der Waals surface area contributed by atoms with Crippen molar-refractivity contribution in [3.8, 4) is 0 Å². The Morgan fingerprint density at radius 1 is 1.27 bits per heavy atom. The molecule has 0 aromatic carbocycles. The van der Waals surface area contributed by atoms with E-state index in [1.165, 1.54) is 6.33 Å². The van der Waals surface area contributed by atoms with Gasteiger partial charge in [-0.1, -0.05) is 26.7 Å². The van der Waals surface area contributed by atoms with E-state index in [0.29, 0.717) is 17.9 Å². The lowest BCUT2D eigenvalue weighted by molar-refractivity contribution is 0.595. The third-order valence-corrected chi connectivity index (χ3v) is 2.27. The zero-order valence-electron chi connectivity index (χ0n) is 9.39. The highest BCUT2D eigenvalue weighted by atomic mass is 19.1. The van der Waals surface area contributed by atoms with Gasteiger partial charge in [-0.25, -0.2) is 14.4 Å². The fourth-order valence-corrected chi connectivity index (χ4v) is 1.36. The molecule has 3 nitrogen and oxygen atoms in total. The SMILES string of the molecule is CCCCCNc1ncnc(CC)c1F. The molecule has 4 heteroatoms. The molecule has 1 heterocycles. The number of halogens is 1. The van der Waals surface area contributed by atoms with Crippen molar-refractivity contribution in [3.63, 3.8) is 0 Å². The minimum atomic E-state index is -0.309. The first kappa shape index (κ1) is 11.9. The van der Waals surface area contributed by atoms with Crippen LogP contribution in [0, 0.1) is 5.82 Å². The predicted molar refractivity (Wildman–Crippen MR) is 59.4 cm³/mol. The third kappa shape index (κ3) is 3.46. The fourth-order valence-electron chi connectivity index (χ4n) is 1.36. The molecule has 0 amide bonds. The van der Waals surface area contributed by atoms with Gasteiger partial charge in [-0.3, -0.25) is 0 Å². The fraction of sp³-hybridized carbons (Fsp3) is 0.636. The van der Waals surface area contributed by atoms with Gasteiger partial charge in [0.1, 0.15) is 6.33 Å². The number of nitrogens with zero attached hydrogens (tertiary/aromatic N) is 2.